The summed E-state index contributed by atoms with van der Waals surface area (Å²) in [7, 11) is 0. The van der Waals surface area contributed by atoms with E-state index in [1.165, 1.54) is 12.1 Å². The fourth-order valence-electron chi connectivity index (χ4n) is 7.05. The monoisotopic (exact) mass is 412 g/mol. The molecule has 9 nitrogen and oxygen atoms in total. The lowest BCUT2D eigenvalue weighted by molar-refractivity contribution is -0.384. The van der Waals surface area contributed by atoms with Gasteiger partial charge >= 0.3 is 6.03 Å². The quantitative estimate of drug-likeness (QED) is 0.415. The fraction of sp³-hybridized carbons (Fsp3) is 0.571. The number of urea groups is 1. The van der Waals surface area contributed by atoms with Crippen molar-refractivity contribution in [3.63, 3.8) is 0 Å². The third kappa shape index (κ3) is 2.31. The van der Waals surface area contributed by atoms with Crippen LogP contribution in [0.4, 0.5) is 16.2 Å². The minimum absolute atomic E-state index is 0.0224. The molecule has 1 aromatic rings. The average Bonchev–Trinajstić information content (AvgIpc) is 2.85. The lowest BCUT2D eigenvalue weighted by atomic mass is 9.56. The van der Waals surface area contributed by atoms with Gasteiger partial charge in [-0.15, -0.1) is 0 Å². The molecule has 2 saturated heterocycles. The first-order chi connectivity index (χ1) is 14.0. The van der Waals surface area contributed by atoms with E-state index in [9.17, 15) is 24.5 Å². The van der Waals surface area contributed by atoms with E-state index in [1.807, 2.05) is 0 Å². The van der Waals surface area contributed by atoms with Gasteiger partial charge in [0.25, 0.3) is 5.69 Å². The van der Waals surface area contributed by atoms with Crippen molar-refractivity contribution in [3.05, 3.63) is 33.9 Å². The molecule has 2 bridgehead atoms. The summed E-state index contributed by atoms with van der Waals surface area (Å²) in [6.45, 7) is 6.52. The summed E-state index contributed by atoms with van der Waals surface area (Å²) < 4.78 is 0. The highest BCUT2D eigenvalue weighted by molar-refractivity contribution is 6.20. The molecule has 1 aromatic carbocycles. The smallest absolute Gasteiger partial charge is 0.328 e. The fourth-order valence-corrected chi connectivity index (χ4v) is 7.05. The normalized spacial score (nSPS) is 32.9. The Morgan fingerprint density at radius 1 is 1.10 bits per heavy atom. The van der Waals surface area contributed by atoms with Gasteiger partial charge in [-0.3, -0.25) is 30.3 Å². The Hall–Kier alpha value is -2.97. The number of fused-ring (bicyclic) bond motifs is 8. The Labute approximate surface area is 173 Å². The average molecular weight is 412 g/mol. The zero-order chi connectivity index (χ0) is 21.6. The largest absolute Gasteiger partial charge is 0.363 e. The van der Waals surface area contributed by atoms with Gasteiger partial charge in [-0.05, 0) is 41.7 Å². The summed E-state index contributed by atoms with van der Waals surface area (Å²) >= 11 is 0. The van der Waals surface area contributed by atoms with Crippen LogP contribution < -0.4 is 15.5 Å². The molecule has 30 heavy (non-hydrogen) atoms. The number of hydrogen-bond acceptors (Lipinski definition) is 6. The van der Waals surface area contributed by atoms with Crippen LogP contribution in [0.2, 0.25) is 0 Å². The molecule has 3 aliphatic heterocycles. The predicted molar refractivity (Wildman–Crippen MR) is 107 cm³/mol. The van der Waals surface area contributed by atoms with Gasteiger partial charge in [-0.25, -0.2) is 4.79 Å². The van der Waals surface area contributed by atoms with Gasteiger partial charge in [0.05, 0.1) is 11.0 Å². The maximum Gasteiger partial charge on any atom is 0.328 e. The van der Waals surface area contributed by atoms with E-state index in [2.05, 4.69) is 36.3 Å². The molecule has 0 unspecified atom stereocenters. The van der Waals surface area contributed by atoms with E-state index in [-0.39, 0.29) is 29.0 Å². The maximum absolute atomic E-state index is 13.3. The number of benzene rings is 1. The van der Waals surface area contributed by atoms with Crippen LogP contribution in [-0.4, -0.2) is 34.9 Å². The highest BCUT2D eigenvalue weighted by Gasteiger charge is 2.70. The number of nitrogens with one attached hydrogen (secondary N) is 2. The van der Waals surface area contributed by atoms with Crippen LogP contribution >= 0.6 is 0 Å². The number of amides is 4. The maximum atomic E-state index is 13.3. The molecule has 0 radical (unpaired) electrons. The lowest BCUT2D eigenvalue weighted by Crippen LogP contribution is -2.72. The van der Waals surface area contributed by atoms with Crippen LogP contribution in [0.15, 0.2) is 18.2 Å². The third-order valence-electron chi connectivity index (χ3n) is 7.46. The zero-order valence-electron chi connectivity index (χ0n) is 17.2. The van der Waals surface area contributed by atoms with Crippen molar-refractivity contribution in [1.29, 1.82) is 0 Å². The van der Waals surface area contributed by atoms with Gasteiger partial charge in [0.1, 0.15) is 0 Å². The SMILES string of the molecule is CC1(C)C[C@H]2C[C@](C)(C1)[C@@H]1N2c2ccc([N+](=O)[O-])cc2CC12C(=O)NC(=O)NC2=O. The molecule has 0 aromatic heterocycles. The molecule has 5 rings (SSSR count). The number of non-ortho nitro benzene ring substituents is 1. The molecule has 3 fully saturated rings. The predicted octanol–water partition coefficient (Wildman–Crippen LogP) is 2.28. The Balaban J connectivity index is 1.76. The van der Waals surface area contributed by atoms with Gasteiger partial charge in [0, 0.05) is 30.3 Å². The summed E-state index contributed by atoms with van der Waals surface area (Å²) in [4.78, 5) is 51.5. The van der Waals surface area contributed by atoms with E-state index in [0.717, 1.165) is 24.9 Å². The van der Waals surface area contributed by atoms with Gasteiger partial charge in [0.15, 0.2) is 5.41 Å². The number of carbonyl (C=O) groups excluding carboxylic acids is 3. The van der Waals surface area contributed by atoms with Crippen molar-refractivity contribution in [2.75, 3.05) is 4.90 Å². The highest BCUT2D eigenvalue weighted by Crippen LogP contribution is 2.63. The molecule has 9 heteroatoms. The van der Waals surface area contributed by atoms with Crippen molar-refractivity contribution in [2.45, 2.75) is 58.5 Å². The molecule has 1 spiro atoms. The highest BCUT2D eigenvalue weighted by atomic mass is 16.6. The molecule has 4 aliphatic rings. The van der Waals surface area contributed by atoms with Crippen molar-refractivity contribution >= 4 is 29.2 Å². The minimum Gasteiger partial charge on any atom is -0.363 e. The molecule has 2 N–H and O–H groups in total. The number of nitro benzene ring substituents is 1. The Morgan fingerprint density at radius 3 is 2.40 bits per heavy atom. The summed E-state index contributed by atoms with van der Waals surface area (Å²) in [5, 5.41) is 16.0. The number of anilines is 1. The van der Waals surface area contributed by atoms with Gasteiger partial charge in [-0.2, -0.15) is 0 Å². The van der Waals surface area contributed by atoms with Crippen molar-refractivity contribution in [3.8, 4) is 0 Å². The lowest BCUT2D eigenvalue weighted by Gasteiger charge is -2.52. The number of nitrogens with zero attached hydrogens (tertiary/aromatic N) is 2. The molecule has 3 atom stereocenters. The van der Waals surface area contributed by atoms with Gasteiger partial charge in [0.2, 0.25) is 11.8 Å². The zero-order valence-corrected chi connectivity index (χ0v) is 17.2. The summed E-state index contributed by atoms with van der Waals surface area (Å²) in [6.07, 6.45) is 2.59. The van der Waals surface area contributed by atoms with Crippen LogP contribution in [0.3, 0.4) is 0 Å². The van der Waals surface area contributed by atoms with Crippen LogP contribution in [0, 0.1) is 26.4 Å². The number of hydrogen-bond donors (Lipinski definition) is 2. The first-order valence-electron chi connectivity index (χ1n) is 10.2. The van der Waals surface area contributed by atoms with Crippen LogP contribution in [0.1, 0.15) is 45.6 Å². The van der Waals surface area contributed by atoms with E-state index in [1.54, 1.807) is 6.07 Å². The number of imide groups is 2. The number of nitro groups is 1. The van der Waals surface area contributed by atoms with Crippen molar-refractivity contribution in [2.24, 2.45) is 16.2 Å². The number of rotatable bonds is 1. The van der Waals surface area contributed by atoms with Crippen molar-refractivity contribution in [1.82, 2.24) is 10.6 Å². The standard InChI is InChI=1S/C21H24N4O5/c1-19(2)8-13-9-20(3,10-19)15-21(16(26)22-18(28)23-17(21)27)7-11-6-12(25(29)30)4-5-14(11)24(13)15/h4-6,13,15H,7-10H2,1-3H3,(H2,22,23,26,27,28)/t13-,15-,20+/m0/s1. The first kappa shape index (κ1) is 19.0. The molecule has 3 heterocycles. The van der Waals surface area contributed by atoms with E-state index < -0.39 is 34.2 Å². The number of carbonyl (C=O) groups is 3. The van der Waals surface area contributed by atoms with Crippen LogP contribution in [0.5, 0.6) is 0 Å². The van der Waals surface area contributed by atoms with E-state index in [0.29, 0.717) is 5.56 Å². The molecule has 158 valence electrons. The summed E-state index contributed by atoms with van der Waals surface area (Å²) in [5.41, 5.74) is -0.451. The number of barbiturate groups is 1. The molecular formula is C21H24N4O5. The topological polar surface area (TPSA) is 122 Å². The second kappa shape index (κ2) is 5.59. The van der Waals surface area contributed by atoms with Crippen LogP contribution in [-0.2, 0) is 16.0 Å². The van der Waals surface area contributed by atoms with E-state index >= 15 is 0 Å². The summed E-state index contributed by atoms with van der Waals surface area (Å²) in [5.74, 6) is -1.23. The molecule has 1 saturated carbocycles. The van der Waals surface area contributed by atoms with Gasteiger partial charge < -0.3 is 4.90 Å². The third-order valence-corrected chi connectivity index (χ3v) is 7.46. The molecule has 4 amide bonds. The van der Waals surface area contributed by atoms with Crippen LogP contribution in [0.25, 0.3) is 0 Å². The van der Waals surface area contributed by atoms with Gasteiger partial charge in [-0.1, -0.05) is 20.8 Å². The molecular weight excluding hydrogens is 388 g/mol. The summed E-state index contributed by atoms with van der Waals surface area (Å²) in [6, 6.07) is 3.54. The Bertz CT molecular complexity index is 1010. The van der Waals surface area contributed by atoms with Crippen molar-refractivity contribution < 1.29 is 19.3 Å². The second-order valence-electron chi connectivity index (χ2n) is 10.3. The van der Waals surface area contributed by atoms with E-state index in [4.69, 9.17) is 0 Å². The molecule has 1 aliphatic carbocycles. The minimum atomic E-state index is -1.51. The first-order valence-corrected chi connectivity index (χ1v) is 10.2. The Kier molecular flexibility index (Phi) is 3.54. The second-order valence-corrected chi connectivity index (χ2v) is 10.3. The Morgan fingerprint density at radius 2 is 1.77 bits per heavy atom.